The molecule has 1 aromatic rings. The molecule has 1 aliphatic rings. The van der Waals surface area contributed by atoms with Gasteiger partial charge in [-0.05, 0) is 38.0 Å². The van der Waals surface area contributed by atoms with Crippen molar-refractivity contribution in [1.29, 1.82) is 0 Å². The first-order valence-electron chi connectivity index (χ1n) is 5.24. The fourth-order valence-electron chi connectivity index (χ4n) is 2.16. The van der Waals surface area contributed by atoms with Gasteiger partial charge in [-0.2, -0.15) is 0 Å². The lowest BCUT2D eigenvalue weighted by atomic mass is 10.1. The number of nitrogens with zero attached hydrogens (tertiary/aromatic N) is 1. The molecule has 1 fully saturated rings. The highest BCUT2D eigenvalue weighted by Crippen LogP contribution is 2.30. The van der Waals surface area contributed by atoms with E-state index in [0.29, 0.717) is 6.04 Å². The normalized spacial score (nSPS) is 20.7. The number of carbonyl (C=O) groups excluding carboxylic acids is 1. The molecule has 80 valence electrons. The number of rotatable bonds is 2. The molecule has 0 aromatic heterocycles. The summed E-state index contributed by atoms with van der Waals surface area (Å²) in [5, 5.41) is 0. The Morgan fingerprint density at radius 1 is 1.53 bits per heavy atom. The van der Waals surface area contributed by atoms with Crippen LogP contribution in [0.25, 0.3) is 0 Å². The minimum absolute atomic E-state index is 0.540. The van der Waals surface area contributed by atoms with Gasteiger partial charge in [0.15, 0.2) is 6.29 Å². The third kappa shape index (κ3) is 2.07. The van der Waals surface area contributed by atoms with E-state index in [0.717, 1.165) is 28.6 Å². The summed E-state index contributed by atoms with van der Waals surface area (Å²) < 4.78 is 1.03. The lowest BCUT2D eigenvalue weighted by Gasteiger charge is -2.25. The molecule has 15 heavy (non-hydrogen) atoms. The van der Waals surface area contributed by atoms with E-state index in [-0.39, 0.29) is 0 Å². The maximum absolute atomic E-state index is 11.0. The zero-order valence-electron chi connectivity index (χ0n) is 8.74. The first-order valence-corrected chi connectivity index (χ1v) is 6.03. The van der Waals surface area contributed by atoms with Gasteiger partial charge in [0.25, 0.3) is 0 Å². The van der Waals surface area contributed by atoms with Crippen molar-refractivity contribution in [3.8, 4) is 0 Å². The van der Waals surface area contributed by atoms with Gasteiger partial charge in [0.2, 0.25) is 0 Å². The third-order valence-electron chi connectivity index (χ3n) is 2.98. The van der Waals surface area contributed by atoms with Gasteiger partial charge in [-0.1, -0.05) is 15.9 Å². The standard InChI is InChI=1S/C12H14BrNO/c1-9-3-2-6-14(9)12-7-11(13)5-4-10(12)8-15/h4-5,7-9H,2-3,6H2,1H3. The second-order valence-electron chi connectivity index (χ2n) is 4.01. The third-order valence-corrected chi connectivity index (χ3v) is 3.48. The Morgan fingerprint density at radius 2 is 2.33 bits per heavy atom. The smallest absolute Gasteiger partial charge is 0.152 e. The van der Waals surface area contributed by atoms with Crippen molar-refractivity contribution in [2.24, 2.45) is 0 Å². The highest BCUT2D eigenvalue weighted by atomic mass is 79.9. The van der Waals surface area contributed by atoms with Crippen LogP contribution in [0.15, 0.2) is 22.7 Å². The second-order valence-corrected chi connectivity index (χ2v) is 4.92. The molecule has 0 aliphatic carbocycles. The molecular formula is C12H14BrNO. The molecule has 0 spiro atoms. The van der Waals surface area contributed by atoms with Crippen molar-refractivity contribution in [3.05, 3.63) is 28.2 Å². The summed E-state index contributed by atoms with van der Waals surface area (Å²) >= 11 is 3.45. The van der Waals surface area contributed by atoms with E-state index >= 15 is 0 Å². The Kier molecular flexibility index (Phi) is 3.10. The maximum Gasteiger partial charge on any atom is 0.152 e. The van der Waals surface area contributed by atoms with E-state index in [2.05, 4.69) is 27.8 Å². The molecule has 1 atom stereocenters. The van der Waals surface area contributed by atoms with Gasteiger partial charge in [0.05, 0.1) is 0 Å². The molecule has 1 aliphatic heterocycles. The molecule has 0 N–H and O–H groups in total. The van der Waals surface area contributed by atoms with Crippen LogP contribution in [0.4, 0.5) is 5.69 Å². The number of hydrogen-bond donors (Lipinski definition) is 0. The van der Waals surface area contributed by atoms with Gasteiger partial charge in [0.1, 0.15) is 0 Å². The van der Waals surface area contributed by atoms with Crippen LogP contribution in [-0.4, -0.2) is 18.9 Å². The summed E-state index contributed by atoms with van der Waals surface area (Å²) in [6.45, 7) is 3.26. The lowest BCUT2D eigenvalue weighted by Crippen LogP contribution is -2.27. The van der Waals surface area contributed by atoms with E-state index in [1.165, 1.54) is 12.8 Å². The highest BCUT2D eigenvalue weighted by Gasteiger charge is 2.22. The number of benzene rings is 1. The molecule has 1 unspecified atom stereocenters. The number of aldehydes is 1. The van der Waals surface area contributed by atoms with E-state index in [1.807, 2.05) is 18.2 Å². The van der Waals surface area contributed by atoms with Crippen LogP contribution in [-0.2, 0) is 0 Å². The Morgan fingerprint density at radius 3 is 2.93 bits per heavy atom. The summed E-state index contributed by atoms with van der Waals surface area (Å²) in [5.74, 6) is 0. The molecule has 3 heteroatoms. The summed E-state index contributed by atoms with van der Waals surface area (Å²) in [5.41, 5.74) is 1.84. The monoisotopic (exact) mass is 267 g/mol. The fourth-order valence-corrected chi connectivity index (χ4v) is 2.51. The Balaban J connectivity index is 2.40. The van der Waals surface area contributed by atoms with Crippen LogP contribution in [0.5, 0.6) is 0 Å². The Hall–Kier alpha value is -0.830. The average molecular weight is 268 g/mol. The van der Waals surface area contributed by atoms with E-state index in [1.54, 1.807) is 0 Å². The van der Waals surface area contributed by atoms with E-state index < -0.39 is 0 Å². The number of carbonyl (C=O) groups is 1. The quantitative estimate of drug-likeness (QED) is 0.767. The summed E-state index contributed by atoms with van der Waals surface area (Å²) in [6, 6.07) is 6.36. The number of hydrogen-bond acceptors (Lipinski definition) is 2. The van der Waals surface area contributed by atoms with Gasteiger partial charge in [-0.15, -0.1) is 0 Å². The van der Waals surface area contributed by atoms with Crippen molar-refractivity contribution >= 4 is 27.9 Å². The molecular weight excluding hydrogens is 254 g/mol. The fraction of sp³-hybridized carbons (Fsp3) is 0.417. The predicted octanol–water partition coefficient (Wildman–Crippen LogP) is 3.25. The van der Waals surface area contributed by atoms with Gasteiger partial charge in [-0.25, -0.2) is 0 Å². The van der Waals surface area contributed by atoms with Crippen molar-refractivity contribution in [1.82, 2.24) is 0 Å². The van der Waals surface area contributed by atoms with Crippen molar-refractivity contribution < 1.29 is 4.79 Å². The molecule has 1 heterocycles. The number of anilines is 1. The molecule has 1 saturated heterocycles. The largest absolute Gasteiger partial charge is 0.368 e. The first kappa shape index (κ1) is 10.7. The lowest BCUT2D eigenvalue weighted by molar-refractivity contribution is 0.112. The second kappa shape index (κ2) is 4.35. The maximum atomic E-state index is 11.0. The molecule has 0 saturated carbocycles. The average Bonchev–Trinajstić information content (AvgIpc) is 2.64. The number of halogens is 1. The summed E-state index contributed by atoms with van der Waals surface area (Å²) in [7, 11) is 0. The van der Waals surface area contributed by atoms with Crippen molar-refractivity contribution in [2.45, 2.75) is 25.8 Å². The minimum atomic E-state index is 0.540. The minimum Gasteiger partial charge on any atom is -0.368 e. The van der Waals surface area contributed by atoms with E-state index in [9.17, 15) is 4.79 Å². The van der Waals surface area contributed by atoms with Crippen LogP contribution in [0, 0.1) is 0 Å². The predicted molar refractivity (Wildman–Crippen MR) is 65.6 cm³/mol. The van der Waals surface area contributed by atoms with Crippen molar-refractivity contribution in [2.75, 3.05) is 11.4 Å². The molecule has 1 aromatic carbocycles. The molecule has 2 rings (SSSR count). The van der Waals surface area contributed by atoms with Gasteiger partial charge >= 0.3 is 0 Å². The van der Waals surface area contributed by atoms with Crippen LogP contribution in [0.1, 0.15) is 30.1 Å². The Bertz CT molecular complexity index is 378. The Labute approximate surface area is 98.4 Å². The first-order chi connectivity index (χ1) is 7.22. The SMILES string of the molecule is CC1CCCN1c1cc(Br)ccc1C=O. The van der Waals surface area contributed by atoms with Gasteiger partial charge in [0, 0.05) is 28.3 Å². The van der Waals surface area contributed by atoms with Crippen LogP contribution < -0.4 is 4.90 Å². The molecule has 0 amide bonds. The molecule has 2 nitrogen and oxygen atoms in total. The van der Waals surface area contributed by atoms with Crippen LogP contribution >= 0.6 is 15.9 Å². The zero-order valence-corrected chi connectivity index (χ0v) is 10.3. The summed E-state index contributed by atoms with van der Waals surface area (Å²) in [4.78, 5) is 13.3. The zero-order chi connectivity index (χ0) is 10.8. The topological polar surface area (TPSA) is 20.3 Å². The molecule has 0 radical (unpaired) electrons. The van der Waals surface area contributed by atoms with Crippen molar-refractivity contribution in [3.63, 3.8) is 0 Å². The van der Waals surface area contributed by atoms with Gasteiger partial charge < -0.3 is 4.90 Å². The summed E-state index contributed by atoms with van der Waals surface area (Å²) in [6.07, 6.45) is 3.36. The van der Waals surface area contributed by atoms with E-state index in [4.69, 9.17) is 0 Å². The van der Waals surface area contributed by atoms with Crippen LogP contribution in [0.3, 0.4) is 0 Å². The van der Waals surface area contributed by atoms with Gasteiger partial charge in [-0.3, -0.25) is 4.79 Å². The highest BCUT2D eigenvalue weighted by molar-refractivity contribution is 9.10. The van der Waals surface area contributed by atoms with Crippen LogP contribution in [0.2, 0.25) is 0 Å². The molecule has 0 bridgehead atoms.